The molecule has 4 rings (SSSR count). The molecule has 0 aromatic heterocycles. The molecule has 1 aliphatic carbocycles. The second kappa shape index (κ2) is 11.2. The molecule has 0 heterocycles. The third kappa shape index (κ3) is 6.22. The van der Waals surface area contributed by atoms with Gasteiger partial charge < -0.3 is 16.0 Å². The van der Waals surface area contributed by atoms with Crippen molar-refractivity contribution >= 4 is 75.3 Å². The first kappa shape index (κ1) is 30.1. The summed E-state index contributed by atoms with van der Waals surface area (Å²) in [7, 11) is 0. The number of hydrogen-bond acceptors (Lipinski definition) is 3. The van der Waals surface area contributed by atoms with Crippen molar-refractivity contribution in [3.63, 3.8) is 0 Å². The van der Waals surface area contributed by atoms with Gasteiger partial charge in [0.25, 0.3) is 0 Å². The van der Waals surface area contributed by atoms with Gasteiger partial charge in [-0.25, -0.2) is 13.2 Å². The van der Waals surface area contributed by atoms with Gasteiger partial charge in [-0.05, 0) is 48.0 Å². The van der Waals surface area contributed by atoms with Gasteiger partial charge in [0.1, 0.15) is 21.7 Å². The van der Waals surface area contributed by atoms with Gasteiger partial charge in [-0.15, -0.1) is 23.2 Å². The summed E-state index contributed by atoms with van der Waals surface area (Å²) < 4.78 is 79.4. The van der Waals surface area contributed by atoms with Crippen molar-refractivity contribution in [1.82, 2.24) is 0 Å². The zero-order valence-electron chi connectivity index (χ0n) is 19.6. The van der Waals surface area contributed by atoms with Gasteiger partial charge in [0, 0.05) is 23.7 Å². The normalized spacial score (nSPS) is 17.8. The van der Waals surface area contributed by atoms with E-state index in [0.29, 0.717) is 22.7 Å². The van der Waals surface area contributed by atoms with Crippen molar-refractivity contribution in [2.24, 2.45) is 5.92 Å². The lowest BCUT2D eigenvalue weighted by molar-refractivity contribution is -0.167. The van der Waals surface area contributed by atoms with E-state index in [-0.39, 0.29) is 16.3 Å². The predicted octanol–water partition coefficient (Wildman–Crippen LogP) is 8.05. The zero-order valence-corrected chi connectivity index (χ0v) is 22.6. The highest BCUT2D eigenvalue weighted by Gasteiger charge is 2.67. The molecule has 0 saturated heterocycles. The van der Waals surface area contributed by atoms with Gasteiger partial charge in [-0.2, -0.15) is 13.2 Å². The van der Waals surface area contributed by atoms with Gasteiger partial charge in [0.2, 0.25) is 5.91 Å². The van der Waals surface area contributed by atoms with Crippen LogP contribution < -0.4 is 16.0 Å². The minimum absolute atomic E-state index is 0.0965. The fraction of sp³-hybridized carbons (Fsp3) is 0.200. The maximum absolute atomic E-state index is 14.7. The smallest absolute Gasteiger partial charge is 0.376 e. The topological polar surface area (TPSA) is 70.2 Å². The van der Waals surface area contributed by atoms with Crippen LogP contribution in [0.4, 0.5) is 43.4 Å². The Morgan fingerprint density at radius 3 is 2.20 bits per heavy atom. The molecule has 3 aromatic carbocycles. The lowest BCUT2D eigenvalue weighted by Crippen LogP contribution is -2.30. The monoisotopic (exact) mass is 643 g/mol. The quantitative estimate of drug-likeness (QED) is 0.180. The number of anilines is 3. The van der Waals surface area contributed by atoms with Gasteiger partial charge >= 0.3 is 12.1 Å². The van der Waals surface area contributed by atoms with Gasteiger partial charge in [0.05, 0.1) is 21.7 Å². The third-order valence-electron chi connectivity index (χ3n) is 6.00. The molecule has 3 aromatic rings. The van der Waals surface area contributed by atoms with Crippen LogP contribution in [0.5, 0.6) is 0 Å². The van der Waals surface area contributed by atoms with Crippen molar-refractivity contribution in [3.05, 3.63) is 87.2 Å². The van der Waals surface area contributed by atoms with E-state index in [4.69, 9.17) is 46.4 Å². The summed E-state index contributed by atoms with van der Waals surface area (Å²) in [5, 5.41) is 6.65. The Balaban J connectivity index is 1.48. The average molecular weight is 645 g/mol. The number of carbonyl (C=O) groups excluding carboxylic acids is 2. The molecular formula is C25H15Cl4F6N3O2. The number of benzene rings is 3. The van der Waals surface area contributed by atoms with E-state index < -0.39 is 69.5 Å². The van der Waals surface area contributed by atoms with Crippen molar-refractivity contribution in [3.8, 4) is 0 Å². The van der Waals surface area contributed by atoms with Crippen LogP contribution in [0.25, 0.3) is 0 Å². The molecule has 2 atom stereocenters. The predicted molar refractivity (Wildman–Crippen MR) is 141 cm³/mol. The summed E-state index contributed by atoms with van der Waals surface area (Å²) >= 11 is 24.6. The standard InChI is InChI=1S/C25H15Cl4F6N3O2/c26-13-3-1-10(8-14(13)27)18-19(24(18,28)29)22(39)37-12-2-4-15(30)11(7-12)9-36-21-16(31)5-6-17(20(21)32)38-23(40)25(33,34)35/h1-8,18-19,36H,9H2,(H,37,39)(H,38,40)/t18-,19?/m0/s1. The SMILES string of the molecule is O=C(Nc1ccc(F)c(CNc2c(F)ccc(NC(=O)C(F)(F)F)c2F)c1)C1[C@H](c2ccc(Cl)c(Cl)c2)C1(Cl)Cl. The number of nitrogens with one attached hydrogen (secondary N) is 3. The second-order valence-electron chi connectivity index (χ2n) is 8.69. The van der Waals surface area contributed by atoms with Gasteiger partial charge in [-0.1, -0.05) is 29.3 Å². The molecular weight excluding hydrogens is 630 g/mol. The van der Waals surface area contributed by atoms with E-state index in [1.165, 1.54) is 29.6 Å². The molecule has 1 unspecified atom stereocenters. The molecule has 1 aliphatic rings. The summed E-state index contributed by atoms with van der Waals surface area (Å²) in [5.41, 5.74) is -1.36. The summed E-state index contributed by atoms with van der Waals surface area (Å²) in [5.74, 6) is -8.16. The lowest BCUT2D eigenvalue weighted by Gasteiger charge is -2.14. The molecule has 212 valence electrons. The van der Waals surface area contributed by atoms with Crippen LogP contribution in [-0.4, -0.2) is 22.3 Å². The average Bonchev–Trinajstić information content (AvgIpc) is 3.45. The third-order valence-corrected chi connectivity index (χ3v) is 7.68. The van der Waals surface area contributed by atoms with E-state index in [9.17, 15) is 35.9 Å². The number of amides is 2. The number of halogens is 10. The summed E-state index contributed by atoms with van der Waals surface area (Å²) in [4.78, 5) is 24.0. The van der Waals surface area contributed by atoms with Gasteiger partial charge in [-0.3, -0.25) is 9.59 Å². The maximum atomic E-state index is 14.7. The molecule has 15 heteroatoms. The molecule has 2 amide bonds. The first-order valence-electron chi connectivity index (χ1n) is 11.1. The fourth-order valence-corrected chi connectivity index (χ4v) is 5.10. The van der Waals surface area contributed by atoms with E-state index >= 15 is 0 Å². The molecule has 40 heavy (non-hydrogen) atoms. The van der Waals surface area contributed by atoms with Crippen LogP contribution in [0, 0.1) is 23.4 Å². The number of carbonyl (C=O) groups is 2. The Morgan fingerprint density at radius 1 is 0.875 bits per heavy atom. The van der Waals surface area contributed by atoms with Crippen molar-refractivity contribution in [2.75, 3.05) is 16.0 Å². The second-order valence-corrected chi connectivity index (χ2v) is 10.9. The van der Waals surface area contributed by atoms with Crippen LogP contribution in [0.3, 0.4) is 0 Å². The summed E-state index contributed by atoms with van der Waals surface area (Å²) in [6.45, 7) is -0.551. The van der Waals surface area contributed by atoms with E-state index in [1.54, 1.807) is 6.07 Å². The fourth-order valence-electron chi connectivity index (χ4n) is 3.97. The van der Waals surface area contributed by atoms with E-state index in [1.807, 2.05) is 0 Å². The molecule has 0 radical (unpaired) electrons. The first-order valence-corrected chi connectivity index (χ1v) is 12.6. The van der Waals surface area contributed by atoms with Crippen LogP contribution in [0.15, 0.2) is 48.5 Å². The molecule has 3 N–H and O–H groups in total. The zero-order chi connectivity index (χ0) is 29.6. The van der Waals surface area contributed by atoms with Crippen LogP contribution in [0.2, 0.25) is 10.0 Å². The molecule has 1 saturated carbocycles. The largest absolute Gasteiger partial charge is 0.471 e. The van der Waals surface area contributed by atoms with E-state index in [0.717, 1.165) is 6.07 Å². The van der Waals surface area contributed by atoms with Crippen molar-refractivity contribution in [1.29, 1.82) is 0 Å². The molecule has 5 nitrogen and oxygen atoms in total. The van der Waals surface area contributed by atoms with Crippen LogP contribution in [0.1, 0.15) is 17.0 Å². The van der Waals surface area contributed by atoms with Crippen molar-refractivity contribution in [2.45, 2.75) is 23.0 Å². The van der Waals surface area contributed by atoms with E-state index in [2.05, 4.69) is 10.6 Å². The Bertz CT molecular complexity index is 1500. The summed E-state index contributed by atoms with van der Waals surface area (Å²) in [6.07, 6.45) is -5.31. The first-order chi connectivity index (χ1) is 18.6. The molecule has 1 fully saturated rings. The Labute approximate surface area is 242 Å². The minimum atomic E-state index is -5.31. The van der Waals surface area contributed by atoms with Crippen LogP contribution in [-0.2, 0) is 16.1 Å². The molecule has 0 spiro atoms. The highest BCUT2D eigenvalue weighted by molar-refractivity contribution is 6.53. The highest BCUT2D eigenvalue weighted by atomic mass is 35.5. The molecule has 0 aliphatic heterocycles. The Hall–Kier alpha value is -2.86. The minimum Gasteiger partial charge on any atom is -0.376 e. The highest BCUT2D eigenvalue weighted by Crippen LogP contribution is 2.65. The maximum Gasteiger partial charge on any atom is 0.471 e. The summed E-state index contributed by atoms with van der Waals surface area (Å²) in [6, 6.07) is 9.29. The number of rotatable bonds is 7. The Kier molecular flexibility index (Phi) is 8.43. The van der Waals surface area contributed by atoms with Gasteiger partial charge in [0.15, 0.2) is 5.82 Å². The number of alkyl halides is 5. The number of hydrogen-bond donors (Lipinski definition) is 3. The Morgan fingerprint density at radius 2 is 1.55 bits per heavy atom. The molecule has 0 bridgehead atoms. The van der Waals surface area contributed by atoms with Crippen molar-refractivity contribution < 1.29 is 35.9 Å². The lowest BCUT2D eigenvalue weighted by atomic mass is 10.1. The van der Waals surface area contributed by atoms with Crippen LogP contribution >= 0.6 is 46.4 Å².